The molecule has 130 valence electrons. The number of nitrogens with one attached hydrogen (secondary N) is 1. The Morgan fingerprint density at radius 3 is 2.69 bits per heavy atom. The number of hydrogen-bond donors (Lipinski definition) is 1. The smallest absolute Gasteiger partial charge is 0.271 e. The standard InChI is InChI=1S/C17H10Cl2N4O3/c1-26-16-6-15(12(18)5-13(16)19)22-17-9(7-20)8-21-14-4-10(23(24)25)2-3-11(14)17/h2-6,8H,1H3,(H,21,22). The molecule has 0 aliphatic heterocycles. The third kappa shape index (κ3) is 3.20. The number of nitro benzene ring substituents is 1. The number of non-ortho nitro benzene ring substituents is 1. The van der Waals surface area contributed by atoms with Crippen molar-refractivity contribution < 1.29 is 9.66 Å². The highest BCUT2D eigenvalue weighted by Gasteiger charge is 2.15. The maximum Gasteiger partial charge on any atom is 0.271 e. The van der Waals surface area contributed by atoms with Crippen LogP contribution < -0.4 is 10.1 Å². The van der Waals surface area contributed by atoms with Crippen molar-refractivity contribution in [3.05, 3.63) is 62.3 Å². The maximum atomic E-state index is 11.0. The van der Waals surface area contributed by atoms with E-state index >= 15 is 0 Å². The van der Waals surface area contributed by atoms with Crippen molar-refractivity contribution in [2.75, 3.05) is 12.4 Å². The summed E-state index contributed by atoms with van der Waals surface area (Å²) >= 11 is 12.3. The highest BCUT2D eigenvalue weighted by molar-refractivity contribution is 6.37. The largest absolute Gasteiger partial charge is 0.495 e. The quantitative estimate of drug-likeness (QED) is 0.494. The zero-order valence-corrected chi connectivity index (χ0v) is 14.8. The molecule has 0 saturated heterocycles. The Bertz CT molecular complexity index is 1080. The van der Waals surface area contributed by atoms with Crippen molar-refractivity contribution in [3.8, 4) is 11.8 Å². The molecule has 0 atom stereocenters. The van der Waals surface area contributed by atoms with E-state index in [1.807, 2.05) is 6.07 Å². The lowest BCUT2D eigenvalue weighted by Gasteiger charge is -2.14. The first-order valence-corrected chi connectivity index (χ1v) is 7.97. The minimum absolute atomic E-state index is 0.0909. The van der Waals surface area contributed by atoms with E-state index in [2.05, 4.69) is 10.3 Å². The number of pyridine rings is 1. The average Bonchev–Trinajstić information content (AvgIpc) is 2.63. The van der Waals surface area contributed by atoms with Gasteiger partial charge in [0, 0.05) is 29.8 Å². The summed E-state index contributed by atoms with van der Waals surface area (Å²) in [6.45, 7) is 0. The molecule has 3 aromatic rings. The van der Waals surface area contributed by atoms with Gasteiger partial charge in [0.1, 0.15) is 11.8 Å². The van der Waals surface area contributed by atoms with Gasteiger partial charge in [-0.1, -0.05) is 23.2 Å². The van der Waals surface area contributed by atoms with Crippen LogP contribution in [0.2, 0.25) is 10.0 Å². The van der Waals surface area contributed by atoms with Crippen molar-refractivity contribution >= 4 is 51.2 Å². The predicted molar refractivity (Wildman–Crippen MR) is 99.4 cm³/mol. The Hall–Kier alpha value is -3.08. The molecule has 0 saturated carbocycles. The number of methoxy groups -OCH3 is 1. The van der Waals surface area contributed by atoms with Gasteiger partial charge in [-0.05, 0) is 12.1 Å². The molecule has 7 nitrogen and oxygen atoms in total. The Labute approximate surface area is 157 Å². The second kappa shape index (κ2) is 7.04. The van der Waals surface area contributed by atoms with Gasteiger partial charge in [-0.15, -0.1) is 0 Å². The zero-order chi connectivity index (χ0) is 18.8. The SMILES string of the molecule is COc1cc(Nc2c(C#N)cnc3cc([N+](=O)[O-])ccc23)c(Cl)cc1Cl. The summed E-state index contributed by atoms with van der Waals surface area (Å²) in [5.74, 6) is 0.408. The monoisotopic (exact) mass is 388 g/mol. The van der Waals surface area contributed by atoms with Crippen LogP contribution in [0.3, 0.4) is 0 Å². The van der Waals surface area contributed by atoms with E-state index in [0.717, 1.165) is 0 Å². The fraction of sp³-hybridized carbons (Fsp3) is 0.0588. The molecule has 0 spiro atoms. The number of rotatable bonds is 4. The molecular formula is C17H10Cl2N4O3. The van der Waals surface area contributed by atoms with Crippen LogP contribution in [0.5, 0.6) is 5.75 Å². The lowest BCUT2D eigenvalue weighted by Crippen LogP contribution is -1.99. The van der Waals surface area contributed by atoms with Crippen LogP contribution in [0.4, 0.5) is 17.1 Å². The van der Waals surface area contributed by atoms with Gasteiger partial charge >= 0.3 is 0 Å². The highest BCUT2D eigenvalue weighted by Crippen LogP contribution is 2.38. The lowest BCUT2D eigenvalue weighted by atomic mass is 10.1. The van der Waals surface area contributed by atoms with Crippen molar-refractivity contribution in [1.82, 2.24) is 4.98 Å². The van der Waals surface area contributed by atoms with E-state index in [9.17, 15) is 15.4 Å². The highest BCUT2D eigenvalue weighted by atomic mass is 35.5. The normalized spacial score (nSPS) is 10.4. The van der Waals surface area contributed by atoms with E-state index in [1.54, 1.807) is 6.07 Å². The van der Waals surface area contributed by atoms with E-state index in [-0.39, 0.29) is 11.3 Å². The summed E-state index contributed by atoms with van der Waals surface area (Å²) in [6.07, 6.45) is 1.34. The molecule has 0 aliphatic rings. The fourth-order valence-electron chi connectivity index (χ4n) is 2.43. The van der Waals surface area contributed by atoms with Gasteiger partial charge < -0.3 is 10.1 Å². The molecule has 0 amide bonds. The molecule has 0 unspecified atom stereocenters. The minimum atomic E-state index is -0.507. The Kier molecular flexibility index (Phi) is 4.80. The molecule has 2 aromatic carbocycles. The zero-order valence-electron chi connectivity index (χ0n) is 13.3. The first kappa shape index (κ1) is 17.7. The van der Waals surface area contributed by atoms with Gasteiger partial charge in [-0.3, -0.25) is 15.1 Å². The van der Waals surface area contributed by atoms with E-state index in [4.69, 9.17) is 27.9 Å². The number of nitriles is 1. The summed E-state index contributed by atoms with van der Waals surface area (Å²) in [5.41, 5.74) is 1.44. The number of anilines is 2. The second-order valence-corrected chi connectivity index (χ2v) is 6.02. The van der Waals surface area contributed by atoms with Gasteiger partial charge in [-0.25, -0.2) is 0 Å². The maximum absolute atomic E-state index is 11.0. The molecule has 0 radical (unpaired) electrons. The summed E-state index contributed by atoms with van der Waals surface area (Å²) < 4.78 is 5.18. The van der Waals surface area contributed by atoms with Gasteiger partial charge in [0.25, 0.3) is 5.69 Å². The van der Waals surface area contributed by atoms with Crippen LogP contribution >= 0.6 is 23.2 Å². The van der Waals surface area contributed by atoms with Crippen molar-refractivity contribution in [2.24, 2.45) is 0 Å². The number of aromatic nitrogens is 1. The summed E-state index contributed by atoms with van der Waals surface area (Å²) in [6, 6.07) is 9.38. The Morgan fingerprint density at radius 1 is 1.27 bits per heavy atom. The van der Waals surface area contributed by atoms with Gasteiger partial charge in [0.05, 0.1) is 44.5 Å². The lowest BCUT2D eigenvalue weighted by molar-refractivity contribution is -0.384. The van der Waals surface area contributed by atoms with Crippen molar-refractivity contribution in [3.63, 3.8) is 0 Å². The number of fused-ring (bicyclic) bond motifs is 1. The third-order valence-electron chi connectivity index (χ3n) is 3.69. The molecule has 26 heavy (non-hydrogen) atoms. The number of halogens is 2. The molecule has 0 bridgehead atoms. The number of nitrogens with zero attached hydrogens (tertiary/aromatic N) is 3. The minimum Gasteiger partial charge on any atom is -0.495 e. The van der Waals surface area contributed by atoms with Crippen LogP contribution in [0.15, 0.2) is 36.5 Å². The molecule has 1 N–H and O–H groups in total. The topological polar surface area (TPSA) is 101 Å². The van der Waals surface area contributed by atoms with E-state index in [1.165, 1.54) is 37.6 Å². The van der Waals surface area contributed by atoms with Crippen molar-refractivity contribution in [1.29, 1.82) is 5.26 Å². The molecule has 0 fully saturated rings. The van der Waals surface area contributed by atoms with E-state index < -0.39 is 4.92 Å². The Balaban J connectivity index is 2.18. The molecule has 9 heteroatoms. The Morgan fingerprint density at radius 2 is 2.04 bits per heavy atom. The molecule has 3 rings (SSSR count). The van der Waals surface area contributed by atoms with E-state index in [0.29, 0.717) is 38.1 Å². The molecular weight excluding hydrogens is 379 g/mol. The number of benzene rings is 2. The molecule has 1 heterocycles. The average molecular weight is 389 g/mol. The number of hydrogen-bond acceptors (Lipinski definition) is 6. The molecule has 1 aromatic heterocycles. The van der Waals surface area contributed by atoms with Crippen LogP contribution in [0, 0.1) is 21.4 Å². The van der Waals surface area contributed by atoms with Gasteiger partial charge in [0.2, 0.25) is 0 Å². The summed E-state index contributed by atoms with van der Waals surface area (Å²) in [5, 5.41) is 24.6. The summed E-state index contributed by atoms with van der Waals surface area (Å²) in [4.78, 5) is 14.6. The van der Waals surface area contributed by atoms with Crippen molar-refractivity contribution in [2.45, 2.75) is 0 Å². The first-order valence-electron chi connectivity index (χ1n) is 7.22. The van der Waals surface area contributed by atoms with Crippen LogP contribution in [0.1, 0.15) is 5.56 Å². The third-order valence-corrected chi connectivity index (χ3v) is 4.29. The van der Waals surface area contributed by atoms with Gasteiger partial charge in [0.15, 0.2) is 0 Å². The molecule has 0 aliphatic carbocycles. The summed E-state index contributed by atoms with van der Waals surface area (Å²) in [7, 11) is 1.47. The van der Waals surface area contributed by atoms with Gasteiger partial charge in [-0.2, -0.15) is 5.26 Å². The number of nitro groups is 1. The number of ether oxygens (including phenoxy) is 1. The van der Waals surface area contributed by atoms with Crippen LogP contribution in [0.25, 0.3) is 10.9 Å². The second-order valence-electron chi connectivity index (χ2n) is 5.21. The fourth-order valence-corrected chi connectivity index (χ4v) is 2.94. The first-order chi connectivity index (χ1) is 12.4. The predicted octanol–water partition coefficient (Wildman–Crippen LogP) is 5.07. The van der Waals surface area contributed by atoms with Crippen LogP contribution in [-0.4, -0.2) is 17.0 Å². The van der Waals surface area contributed by atoms with Crippen LogP contribution in [-0.2, 0) is 0 Å².